The maximum atomic E-state index is 13.6. The number of hydrogen-bond acceptors (Lipinski definition) is 3. The van der Waals surface area contributed by atoms with Crippen molar-refractivity contribution in [3.8, 4) is 0 Å². The van der Waals surface area contributed by atoms with Crippen LogP contribution in [0.4, 0.5) is 30.7 Å². The number of pyridine rings is 1. The molecule has 0 radical (unpaired) electrons. The highest BCUT2D eigenvalue weighted by atomic mass is 32.2. The van der Waals surface area contributed by atoms with Crippen LogP contribution in [0, 0.1) is 11.2 Å². The summed E-state index contributed by atoms with van der Waals surface area (Å²) in [6, 6.07) is 6.16. The van der Waals surface area contributed by atoms with Crippen LogP contribution in [0.2, 0.25) is 0 Å². The predicted octanol–water partition coefficient (Wildman–Crippen LogP) is 5.22. The highest BCUT2D eigenvalue weighted by Gasteiger charge is 2.70. The number of nitrogens with zero attached hydrogens (tertiary/aromatic N) is 1. The van der Waals surface area contributed by atoms with E-state index in [4.69, 9.17) is 0 Å². The lowest BCUT2D eigenvalue weighted by Crippen LogP contribution is -2.46. The third-order valence-corrected chi connectivity index (χ3v) is 5.70. The Morgan fingerprint density at radius 1 is 0.833 bits per heavy atom. The molecule has 0 saturated heterocycles. The average molecular weight is 451 g/mol. The zero-order chi connectivity index (χ0) is 22.5. The van der Waals surface area contributed by atoms with Gasteiger partial charge in [0.2, 0.25) is 0 Å². The van der Waals surface area contributed by atoms with Crippen molar-refractivity contribution in [1.82, 2.24) is 4.98 Å². The first-order valence-electron chi connectivity index (χ1n) is 8.18. The molecule has 3 rings (SSSR count). The van der Waals surface area contributed by atoms with E-state index in [1.54, 1.807) is 0 Å². The summed E-state index contributed by atoms with van der Waals surface area (Å²) in [7, 11) is -3.63. The second kappa shape index (κ2) is 6.93. The summed E-state index contributed by atoms with van der Waals surface area (Å²) in [6.45, 7) is 0. The van der Waals surface area contributed by atoms with Gasteiger partial charge in [-0.2, -0.15) is 26.3 Å². The van der Waals surface area contributed by atoms with Crippen LogP contribution < -0.4 is 0 Å². The Bertz CT molecular complexity index is 1110. The zero-order valence-electron chi connectivity index (χ0n) is 15.0. The number of rotatable bonds is 3. The number of benzene rings is 1. The monoisotopic (exact) mass is 451 g/mol. The number of aromatic nitrogens is 1. The highest BCUT2D eigenvalue weighted by molar-refractivity contribution is 7.90. The molecule has 1 heterocycles. The average Bonchev–Trinajstić information content (AvgIpc) is 3.04. The molecule has 1 aromatic carbocycles. The second-order valence-corrected chi connectivity index (χ2v) is 8.65. The van der Waals surface area contributed by atoms with Crippen molar-refractivity contribution >= 4 is 21.0 Å². The first-order valence-corrected chi connectivity index (χ1v) is 10.1. The quantitative estimate of drug-likeness (QED) is 0.602. The molecule has 0 spiro atoms. The lowest BCUT2D eigenvalue weighted by atomic mass is 9.87. The van der Waals surface area contributed by atoms with Crippen molar-refractivity contribution in [3.05, 3.63) is 71.8 Å². The van der Waals surface area contributed by atoms with Gasteiger partial charge < -0.3 is 0 Å². The molecule has 0 N–H and O–H groups in total. The lowest BCUT2D eigenvalue weighted by molar-refractivity contribution is -0.301. The molecule has 0 atom stereocenters. The third-order valence-electron chi connectivity index (χ3n) is 4.57. The van der Waals surface area contributed by atoms with Gasteiger partial charge in [0.05, 0.1) is 16.8 Å². The van der Waals surface area contributed by atoms with Crippen LogP contribution in [0.1, 0.15) is 11.3 Å². The van der Waals surface area contributed by atoms with Gasteiger partial charge in [0.25, 0.3) is 0 Å². The summed E-state index contributed by atoms with van der Waals surface area (Å²) in [5, 5.41) is 0. The number of alkyl halides is 6. The molecule has 1 aliphatic rings. The van der Waals surface area contributed by atoms with Crippen molar-refractivity contribution in [2.24, 2.45) is 5.41 Å². The molecular formula is C19H12F7NO2S. The van der Waals surface area contributed by atoms with Gasteiger partial charge >= 0.3 is 12.4 Å². The summed E-state index contributed by atoms with van der Waals surface area (Å²) < 4.78 is 118. The molecule has 160 valence electrons. The molecule has 1 aromatic heterocycles. The predicted molar refractivity (Wildman–Crippen MR) is 94.2 cm³/mol. The standard InChI is InChI=1S/C19H12F7NO2S/c1-30(28,29)13-5-2-11(3-6-13)14-8-17(18(21,22)23,19(24,25)26)9-15(14)16-7-4-12(20)10-27-16/h2-10H,1H3. The van der Waals surface area contributed by atoms with Gasteiger partial charge in [-0.15, -0.1) is 0 Å². The SMILES string of the molecule is CS(=O)(=O)c1ccc(C2=CC(C(F)(F)F)(C(F)(F)F)C=C2c2ccc(F)cn2)cc1. The Morgan fingerprint density at radius 2 is 1.37 bits per heavy atom. The van der Waals surface area contributed by atoms with Gasteiger partial charge in [0.1, 0.15) is 5.82 Å². The molecule has 0 unspecified atom stereocenters. The summed E-state index contributed by atoms with van der Waals surface area (Å²) in [5.41, 5.74) is -5.63. The summed E-state index contributed by atoms with van der Waals surface area (Å²) in [4.78, 5) is 3.45. The van der Waals surface area contributed by atoms with Crippen molar-refractivity contribution < 1.29 is 39.2 Å². The van der Waals surface area contributed by atoms with E-state index in [1.165, 1.54) is 0 Å². The fraction of sp³-hybridized carbons (Fsp3) is 0.211. The normalized spacial score (nSPS) is 16.9. The second-order valence-electron chi connectivity index (χ2n) is 6.64. The molecule has 30 heavy (non-hydrogen) atoms. The van der Waals surface area contributed by atoms with Gasteiger partial charge in [-0.05, 0) is 47.6 Å². The summed E-state index contributed by atoms with van der Waals surface area (Å²) >= 11 is 0. The third kappa shape index (κ3) is 3.73. The van der Waals surface area contributed by atoms with Crippen LogP contribution in [0.3, 0.4) is 0 Å². The molecule has 0 fully saturated rings. The van der Waals surface area contributed by atoms with Crippen LogP contribution >= 0.6 is 0 Å². The first kappa shape index (κ1) is 22.0. The molecule has 1 aliphatic carbocycles. The Kier molecular flexibility index (Phi) is 5.08. The summed E-state index contributed by atoms with van der Waals surface area (Å²) in [6.07, 6.45) is -9.82. The fourth-order valence-corrected chi connectivity index (χ4v) is 3.64. The van der Waals surface area contributed by atoms with Crippen molar-refractivity contribution in [2.45, 2.75) is 17.2 Å². The van der Waals surface area contributed by atoms with Crippen LogP contribution in [0.25, 0.3) is 11.1 Å². The molecule has 2 aromatic rings. The Labute approximate surface area is 166 Å². The first-order chi connectivity index (χ1) is 13.7. The van der Waals surface area contributed by atoms with E-state index in [1.807, 2.05) is 0 Å². The number of halogens is 7. The van der Waals surface area contributed by atoms with Crippen molar-refractivity contribution in [1.29, 1.82) is 0 Å². The van der Waals surface area contributed by atoms with Crippen molar-refractivity contribution in [3.63, 3.8) is 0 Å². The van der Waals surface area contributed by atoms with Gasteiger partial charge in [-0.25, -0.2) is 12.8 Å². The van der Waals surface area contributed by atoms with E-state index in [9.17, 15) is 39.2 Å². The Balaban J connectivity index is 2.26. The van der Waals surface area contributed by atoms with E-state index < -0.39 is 44.6 Å². The minimum atomic E-state index is -5.72. The van der Waals surface area contributed by atoms with Crippen LogP contribution in [0.5, 0.6) is 0 Å². The molecule has 0 amide bonds. The van der Waals surface area contributed by atoms with E-state index in [2.05, 4.69) is 4.98 Å². The Morgan fingerprint density at radius 3 is 1.80 bits per heavy atom. The minimum Gasteiger partial charge on any atom is -0.253 e. The molecule has 11 heteroatoms. The largest absolute Gasteiger partial charge is 0.410 e. The summed E-state index contributed by atoms with van der Waals surface area (Å²) in [5.74, 6) is -0.821. The van der Waals surface area contributed by atoms with E-state index >= 15 is 0 Å². The Hall–Kier alpha value is -2.69. The van der Waals surface area contributed by atoms with Gasteiger partial charge in [0, 0.05) is 11.8 Å². The van der Waals surface area contributed by atoms with E-state index in [0.717, 1.165) is 42.7 Å². The molecular weight excluding hydrogens is 439 g/mol. The lowest BCUT2D eigenvalue weighted by Gasteiger charge is -2.30. The smallest absolute Gasteiger partial charge is 0.253 e. The number of hydrogen-bond donors (Lipinski definition) is 0. The maximum Gasteiger partial charge on any atom is 0.410 e. The molecule has 0 saturated carbocycles. The minimum absolute atomic E-state index is 0.00699. The van der Waals surface area contributed by atoms with Gasteiger partial charge in [0.15, 0.2) is 15.3 Å². The van der Waals surface area contributed by atoms with Crippen LogP contribution in [-0.4, -0.2) is 32.0 Å². The van der Waals surface area contributed by atoms with Crippen LogP contribution in [0.15, 0.2) is 59.6 Å². The van der Waals surface area contributed by atoms with E-state index in [0.29, 0.717) is 6.20 Å². The van der Waals surface area contributed by atoms with Crippen LogP contribution in [-0.2, 0) is 9.84 Å². The van der Waals surface area contributed by atoms with Gasteiger partial charge in [-0.3, -0.25) is 4.98 Å². The maximum absolute atomic E-state index is 13.6. The zero-order valence-corrected chi connectivity index (χ0v) is 15.8. The fourth-order valence-electron chi connectivity index (χ4n) is 3.01. The molecule has 0 bridgehead atoms. The molecule has 0 aliphatic heterocycles. The van der Waals surface area contributed by atoms with E-state index in [-0.39, 0.29) is 28.3 Å². The van der Waals surface area contributed by atoms with Crippen molar-refractivity contribution in [2.75, 3.05) is 6.26 Å². The van der Waals surface area contributed by atoms with Gasteiger partial charge in [-0.1, -0.05) is 12.1 Å². The number of allylic oxidation sites excluding steroid dienone is 4. The topological polar surface area (TPSA) is 47.0 Å². The molecule has 3 nitrogen and oxygen atoms in total. The number of sulfone groups is 1. The highest BCUT2D eigenvalue weighted by Crippen LogP contribution is 2.59.